The molecule has 1 fully saturated rings. The lowest BCUT2D eigenvalue weighted by molar-refractivity contribution is -0.149. The molecule has 0 saturated carbocycles. The van der Waals surface area contributed by atoms with Crippen LogP contribution in [0.1, 0.15) is 20.3 Å². The zero-order valence-electron chi connectivity index (χ0n) is 7.20. The summed E-state index contributed by atoms with van der Waals surface area (Å²) in [5.41, 5.74) is 1.06. The Bertz CT molecular complexity index is 250. The quantitative estimate of drug-likeness (QED) is 0.472. The molecule has 0 aromatic rings. The molecule has 3 nitrogen and oxygen atoms in total. The number of hydrogen-bond donors (Lipinski definition) is 1. The summed E-state index contributed by atoms with van der Waals surface area (Å²) in [5.74, 6) is -0.440. The van der Waals surface area contributed by atoms with E-state index in [1.807, 2.05) is 6.92 Å². The highest BCUT2D eigenvalue weighted by molar-refractivity contribution is 5.96. The van der Waals surface area contributed by atoms with Gasteiger partial charge in [-0.15, -0.1) is 0 Å². The molecule has 0 aromatic carbocycles. The van der Waals surface area contributed by atoms with Crippen molar-refractivity contribution in [1.82, 2.24) is 0 Å². The van der Waals surface area contributed by atoms with Gasteiger partial charge in [-0.05, 0) is 13.3 Å². The molecule has 0 spiro atoms. The van der Waals surface area contributed by atoms with Crippen LogP contribution in [-0.4, -0.2) is 17.4 Å². The highest BCUT2D eigenvalue weighted by atomic mass is 16.6. The number of ether oxygens (including phenoxy) is 1. The van der Waals surface area contributed by atoms with Gasteiger partial charge in [-0.25, -0.2) is 4.79 Å². The van der Waals surface area contributed by atoms with E-state index in [1.165, 1.54) is 0 Å². The third-order valence-electron chi connectivity index (χ3n) is 1.73. The van der Waals surface area contributed by atoms with E-state index in [-0.39, 0.29) is 0 Å². The molecular weight excluding hydrogens is 156 g/mol. The van der Waals surface area contributed by atoms with Gasteiger partial charge in [0.1, 0.15) is 0 Å². The average molecular weight is 168 g/mol. The van der Waals surface area contributed by atoms with Crippen molar-refractivity contribution in [3.8, 4) is 0 Å². The lowest BCUT2D eigenvalue weighted by atomic mass is 10.1. The molecule has 1 saturated heterocycles. The fourth-order valence-corrected chi connectivity index (χ4v) is 1.19. The molecule has 0 radical (unpaired) electrons. The Hall–Kier alpha value is -1.09. The number of rotatable bonds is 1. The topological polar surface area (TPSA) is 46.5 Å². The number of carbonyl (C=O) groups excluding carboxylic acids is 1. The first-order valence-corrected chi connectivity index (χ1v) is 3.96. The molecule has 0 aliphatic carbocycles. The lowest BCUT2D eigenvalue weighted by Gasteiger charge is -2.00. The second-order valence-electron chi connectivity index (χ2n) is 2.53. The SMILES string of the molecule is C/C=C1/C(=O)OC(O)/C1=C/CC. The van der Waals surface area contributed by atoms with Crippen LogP contribution < -0.4 is 0 Å². The first kappa shape index (κ1) is 9.00. The molecule has 3 heteroatoms. The van der Waals surface area contributed by atoms with Gasteiger partial charge in [-0.3, -0.25) is 0 Å². The summed E-state index contributed by atoms with van der Waals surface area (Å²) in [6.07, 6.45) is 3.16. The predicted molar refractivity (Wildman–Crippen MR) is 44.2 cm³/mol. The number of esters is 1. The Morgan fingerprint density at radius 2 is 2.33 bits per heavy atom. The zero-order chi connectivity index (χ0) is 9.14. The lowest BCUT2D eigenvalue weighted by Crippen LogP contribution is -2.05. The number of allylic oxidation sites excluding steroid dienone is 2. The van der Waals surface area contributed by atoms with Crippen LogP contribution >= 0.6 is 0 Å². The van der Waals surface area contributed by atoms with Crippen LogP contribution in [0.25, 0.3) is 0 Å². The van der Waals surface area contributed by atoms with E-state index in [1.54, 1.807) is 19.1 Å². The highest BCUT2D eigenvalue weighted by Crippen LogP contribution is 2.25. The third-order valence-corrected chi connectivity index (χ3v) is 1.73. The predicted octanol–water partition coefficient (Wildman–Crippen LogP) is 1.14. The van der Waals surface area contributed by atoms with Crippen LogP contribution in [0.15, 0.2) is 23.3 Å². The summed E-state index contributed by atoms with van der Waals surface area (Å²) in [6, 6.07) is 0. The molecule has 1 heterocycles. The van der Waals surface area contributed by atoms with E-state index >= 15 is 0 Å². The van der Waals surface area contributed by atoms with Gasteiger partial charge in [0.2, 0.25) is 6.29 Å². The Morgan fingerprint density at radius 1 is 1.67 bits per heavy atom. The summed E-state index contributed by atoms with van der Waals surface area (Å²) < 4.78 is 4.61. The summed E-state index contributed by atoms with van der Waals surface area (Å²) in [6.45, 7) is 3.69. The second kappa shape index (κ2) is 3.54. The molecule has 0 amide bonds. The Balaban J connectivity index is 2.98. The number of carbonyl (C=O) groups is 1. The molecular formula is C9H12O3. The molecule has 1 atom stereocenters. The molecule has 0 aromatic heterocycles. The largest absolute Gasteiger partial charge is 0.428 e. The van der Waals surface area contributed by atoms with Crippen molar-refractivity contribution in [3.05, 3.63) is 23.3 Å². The molecule has 1 rings (SSSR count). The smallest absolute Gasteiger partial charge is 0.340 e. The highest BCUT2D eigenvalue weighted by Gasteiger charge is 2.31. The molecule has 1 aliphatic rings. The molecule has 1 aliphatic heterocycles. The van der Waals surface area contributed by atoms with Crippen molar-refractivity contribution in [1.29, 1.82) is 0 Å². The molecule has 0 bridgehead atoms. The average Bonchev–Trinajstić information content (AvgIpc) is 2.28. The monoisotopic (exact) mass is 168 g/mol. The summed E-state index contributed by atoms with van der Waals surface area (Å²) in [7, 11) is 0. The van der Waals surface area contributed by atoms with E-state index in [2.05, 4.69) is 4.74 Å². The Morgan fingerprint density at radius 3 is 2.83 bits per heavy atom. The molecule has 1 unspecified atom stereocenters. The van der Waals surface area contributed by atoms with Gasteiger partial charge < -0.3 is 9.84 Å². The minimum absolute atomic E-state index is 0.440. The molecule has 1 N–H and O–H groups in total. The van der Waals surface area contributed by atoms with E-state index in [0.717, 1.165) is 6.42 Å². The van der Waals surface area contributed by atoms with Crippen molar-refractivity contribution < 1.29 is 14.6 Å². The fraction of sp³-hybridized carbons (Fsp3) is 0.444. The summed E-state index contributed by atoms with van der Waals surface area (Å²) >= 11 is 0. The standard InChI is InChI=1S/C9H12O3/c1-3-5-7-6(4-2)8(10)12-9(7)11/h4-5,9,11H,3H2,1-2H3/b6-4+,7-5+. The van der Waals surface area contributed by atoms with E-state index in [9.17, 15) is 9.90 Å². The van der Waals surface area contributed by atoms with Gasteiger partial charge in [0, 0.05) is 5.57 Å². The van der Waals surface area contributed by atoms with Crippen molar-refractivity contribution in [2.75, 3.05) is 0 Å². The van der Waals surface area contributed by atoms with Crippen LogP contribution in [0.2, 0.25) is 0 Å². The van der Waals surface area contributed by atoms with E-state index in [4.69, 9.17) is 0 Å². The number of aliphatic hydroxyl groups is 1. The number of cyclic esters (lactones) is 1. The minimum atomic E-state index is -1.07. The van der Waals surface area contributed by atoms with Crippen LogP contribution in [0.3, 0.4) is 0 Å². The van der Waals surface area contributed by atoms with Gasteiger partial charge in [0.25, 0.3) is 0 Å². The van der Waals surface area contributed by atoms with Crippen molar-refractivity contribution in [2.24, 2.45) is 0 Å². The molecule has 66 valence electrons. The van der Waals surface area contributed by atoms with Crippen molar-refractivity contribution in [3.63, 3.8) is 0 Å². The normalized spacial score (nSPS) is 29.9. The first-order chi connectivity index (χ1) is 5.70. The maximum absolute atomic E-state index is 11.0. The van der Waals surface area contributed by atoms with Gasteiger partial charge >= 0.3 is 5.97 Å². The summed E-state index contributed by atoms with van der Waals surface area (Å²) in [4.78, 5) is 11.0. The second-order valence-corrected chi connectivity index (χ2v) is 2.53. The Kier molecular flexibility index (Phi) is 2.65. The van der Waals surface area contributed by atoms with Crippen molar-refractivity contribution in [2.45, 2.75) is 26.6 Å². The van der Waals surface area contributed by atoms with Crippen LogP contribution in [0.4, 0.5) is 0 Å². The van der Waals surface area contributed by atoms with Crippen LogP contribution in [0, 0.1) is 0 Å². The maximum Gasteiger partial charge on any atom is 0.340 e. The zero-order valence-corrected chi connectivity index (χ0v) is 7.20. The Labute approximate surface area is 71.3 Å². The maximum atomic E-state index is 11.0. The number of hydrogen-bond acceptors (Lipinski definition) is 3. The van der Waals surface area contributed by atoms with Gasteiger partial charge in [-0.1, -0.05) is 19.1 Å². The van der Waals surface area contributed by atoms with Crippen molar-refractivity contribution >= 4 is 5.97 Å². The molecule has 12 heavy (non-hydrogen) atoms. The first-order valence-electron chi connectivity index (χ1n) is 3.96. The minimum Gasteiger partial charge on any atom is -0.428 e. The fourth-order valence-electron chi connectivity index (χ4n) is 1.19. The van der Waals surface area contributed by atoms with Crippen LogP contribution in [0.5, 0.6) is 0 Å². The van der Waals surface area contributed by atoms with Crippen LogP contribution in [-0.2, 0) is 9.53 Å². The summed E-state index contributed by atoms with van der Waals surface area (Å²) in [5, 5.41) is 9.24. The van der Waals surface area contributed by atoms with Gasteiger partial charge in [-0.2, -0.15) is 0 Å². The third kappa shape index (κ3) is 1.41. The van der Waals surface area contributed by atoms with E-state index in [0.29, 0.717) is 11.1 Å². The van der Waals surface area contributed by atoms with E-state index < -0.39 is 12.3 Å². The van der Waals surface area contributed by atoms with Gasteiger partial charge in [0.05, 0.1) is 5.57 Å². The van der Waals surface area contributed by atoms with Gasteiger partial charge in [0.15, 0.2) is 0 Å². The number of aliphatic hydroxyl groups excluding tert-OH is 1.